The van der Waals surface area contributed by atoms with Crippen LogP contribution in [0.3, 0.4) is 0 Å². The van der Waals surface area contributed by atoms with Gasteiger partial charge in [-0.25, -0.2) is 0 Å². The van der Waals surface area contributed by atoms with Gasteiger partial charge in [0.15, 0.2) is 0 Å². The van der Waals surface area contributed by atoms with Crippen LogP contribution >= 0.6 is 0 Å². The van der Waals surface area contributed by atoms with Gasteiger partial charge in [-0.3, -0.25) is 9.79 Å². The summed E-state index contributed by atoms with van der Waals surface area (Å²) in [5, 5.41) is 2.52. The summed E-state index contributed by atoms with van der Waals surface area (Å²) in [6, 6.07) is 18.8. The third-order valence-electron chi connectivity index (χ3n) is 4.85. The minimum Gasteiger partial charge on any atom is -0.394 e. The number of nitrogens with two attached hydrogens (primary N) is 2. The fraction of sp³-hybridized carbons (Fsp3) is 0.273. The predicted octanol–water partition coefficient (Wildman–Crippen LogP) is 2.42. The van der Waals surface area contributed by atoms with E-state index in [2.05, 4.69) is 41.7 Å². The number of allylic oxidation sites excluding steroid dienone is 1. The monoisotopic (exact) mass is 362 g/mol. The van der Waals surface area contributed by atoms with Crippen LogP contribution in [0.15, 0.2) is 71.4 Å². The lowest BCUT2D eigenvalue weighted by Crippen LogP contribution is -2.39. The van der Waals surface area contributed by atoms with Gasteiger partial charge in [0, 0.05) is 18.8 Å². The smallest absolute Gasteiger partial charge is 0.266 e. The van der Waals surface area contributed by atoms with Gasteiger partial charge >= 0.3 is 0 Å². The van der Waals surface area contributed by atoms with Gasteiger partial charge in [-0.05, 0) is 42.0 Å². The Morgan fingerprint density at radius 1 is 1.19 bits per heavy atom. The standard InChI is InChI=1S/C22H26N4O/c1-25-22(27)20(24)14-18-10-11-19(23)21(26-18)13-15-6-5-9-17(12-15)16-7-3-2-4-8-16/h2-9,12,14,19,21H,10-11,13,23-24H2,1H3,(H,25,27). The number of aliphatic imine (C=N–C) groups is 1. The molecule has 2 unspecified atom stereocenters. The second kappa shape index (κ2) is 8.64. The van der Waals surface area contributed by atoms with Crippen molar-refractivity contribution in [3.63, 3.8) is 0 Å². The molecule has 0 saturated carbocycles. The minimum atomic E-state index is -0.292. The zero-order valence-corrected chi connectivity index (χ0v) is 15.6. The van der Waals surface area contributed by atoms with Crippen LogP contribution < -0.4 is 16.8 Å². The highest BCUT2D eigenvalue weighted by atomic mass is 16.1. The van der Waals surface area contributed by atoms with Crippen molar-refractivity contribution in [2.75, 3.05) is 7.05 Å². The zero-order valence-electron chi connectivity index (χ0n) is 15.6. The van der Waals surface area contributed by atoms with Crippen molar-refractivity contribution in [2.45, 2.75) is 31.3 Å². The van der Waals surface area contributed by atoms with Gasteiger partial charge in [0.05, 0.1) is 11.7 Å². The summed E-state index contributed by atoms with van der Waals surface area (Å²) in [5.41, 5.74) is 16.7. The molecule has 27 heavy (non-hydrogen) atoms. The molecule has 1 aliphatic rings. The highest BCUT2D eigenvalue weighted by Crippen LogP contribution is 2.23. The molecule has 140 valence electrons. The lowest BCUT2D eigenvalue weighted by atomic mass is 9.91. The molecule has 0 aromatic heterocycles. The molecule has 5 heteroatoms. The Bertz CT molecular complexity index is 858. The number of amides is 1. The fourth-order valence-corrected chi connectivity index (χ4v) is 3.33. The van der Waals surface area contributed by atoms with Crippen molar-refractivity contribution < 1.29 is 4.79 Å². The average Bonchev–Trinajstić information content (AvgIpc) is 2.70. The van der Waals surface area contributed by atoms with Gasteiger partial charge in [0.1, 0.15) is 0 Å². The van der Waals surface area contributed by atoms with Gasteiger partial charge in [0.2, 0.25) is 0 Å². The zero-order chi connectivity index (χ0) is 19.2. The number of carbonyl (C=O) groups excluding carboxylic acids is 1. The first kappa shape index (κ1) is 18.9. The molecule has 2 aromatic rings. The lowest BCUT2D eigenvalue weighted by molar-refractivity contribution is -0.117. The number of hydrogen-bond donors (Lipinski definition) is 3. The Hall–Kier alpha value is -2.92. The maximum Gasteiger partial charge on any atom is 0.266 e. The predicted molar refractivity (Wildman–Crippen MR) is 110 cm³/mol. The topological polar surface area (TPSA) is 93.5 Å². The van der Waals surface area contributed by atoms with E-state index < -0.39 is 0 Å². The van der Waals surface area contributed by atoms with Crippen molar-refractivity contribution in [1.82, 2.24) is 5.32 Å². The minimum absolute atomic E-state index is 0.00348. The van der Waals surface area contributed by atoms with Crippen molar-refractivity contribution >= 4 is 11.6 Å². The molecular formula is C22H26N4O. The van der Waals surface area contributed by atoms with Crippen molar-refractivity contribution in [3.8, 4) is 11.1 Å². The summed E-state index contributed by atoms with van der Waals surface area (Å²) in [6.07, 6.45) is 4.00. The number of benzene rings is 2. The molecule has 2 aromatic carbocycles. The molecule has 0 fully saturated rings. The van der Waals surface area contributed by atoms with E-state index in [-0.39, 0.29) is 23.7 Å². The molecule has 2 atom stereocenters. The van der Waals surface area contributed by atoms with E-state index in [0.29, 0.717) is 0 Å². The third kappa shape index (κ3) is 4.83. The van der Waals surface area contributed by atoms with E-state index >= 15 is 0 Å². The first-order chi connectivity index (χ1) is 13.1. The van der Waals surface area contributed by atoms with Crippen molar-refractivity contribution in [1.29, 1.82) is 0 Å². The van der Waals surface area contributed by atoms with E-state index in [4.69, 9.17) is 16.5 Å². The highest BCUT2D eigenvalue weighted by molar-refractivity contribution is 6.03. The molecular weight excluding hydrogens is 336 g/mol. The van der Waals surface area contributed by atoms with Crippen LogP contribution in [0, 0.1) is 0 Å². The fourth-order valence-electron chi connectivity index (χ4n) is 3.33. The number of nitrogens with one attached hydrogen (secondary N) is 1. The second-order valence-electron chi connectivity index (χ2n) is 6.84. The Labute approximate surface area is 160 Å². The molecule has 0 aliphatic carbocycles. The van der Waals surface area contributed by atoms with Crippen LogP contribution in [0.25, 0.3) is 11.1 Å². The van der Waals surface area contributed by atoms with E-state index in [9.17, 15) is 4.79 Å². The molecule has 1 aliphatic heterocycles. The third-order valence-corrected chi connectivity index (χ3v) is 4.85. The molecule has 3 rings (SSSR count). The SMILES string of the molecule is CNC(=O)C(N)=CC1=NC(Cc2cccc(-c3ccccc3)c2)C(N)CC1. The van der Waals surface area contributed by atoms with Crippen LogP contribution in [-0.2, 0) is 11.2 Å². The largest absolute Gasteiger partial charge is 0.394 e. The summed E-state index contributed by atoms with van der Waals surface area (Å²) >= 11 is 0. The van der Waals surface area contributed by atoms with E-state index in [1.807, 2.05) is 18.2 Å². The Balaban J connectivity index is 1.79. The molecule has 1 amide bonds. The lowest BCUT2D eigenvalue weighted by Gasteiger charge is -2.26. The van der Waals surface area contributed by atoms with Crippen LogP contribution in [0.4, 0.5) is 0 Å². The summed E-state index contributed by atoms with van der Waals surface area (Å²) in [4.78, 5) is 16.4. The van der Waals surface area contributed by atoms with Crippen molar-refractivity contribution in [3.05, 3.63) is 71.9 Å². The summed E-state index contributed by atoms with van der Waals surface area (Å²) < 4.78 is 0. The summed E-state index contributed by atoms with van der Waals surface area (Å²) in [6.45, 7) is 0. The molecule has 0 radical (unpaired) electrons. The molecule has 1 heterocycles. The molecule has 0 bridgehead atoms. The average molecular weight is 362 g/mol. The van der Waals surface area contributed by atoms with Gasteiger partial charge in [-0.15, -0.1) is 0 Å². The van der Waals surface area contributed by atoms with Gasteiger partial charge in [0.25, 0.3) is 5.91 Å². The maximum atomic E-state index is 11.6. The van der Waals surface area contributed by atoms with Crippen LogP contribution in [0.5, 0.6) is 0 Å². The van der Waals surface area contributed by atoms with E-state index in [0.717, 1.165) is 25.0 Å². The molecule has 0 saturated heterocycles. The highest BCUT2D eigenvalue weighted by Gasteiger charge is 2.23. The number of nitrogens with zero attached hydrogens (tertiary/aromatic N) is 1. The van der Waals surface area contributed by atoms with Crippen LogP contribution in [0.2, 0.25) is 0 Å². The first-order valence-corrected chi connectivity index (χ1v) is 9.22. The Kier molecular flexibility index (Phi) is 6.04. The summed E-state index contributed by atoms with van der Waals surface area (Å²) in [5.74, 6) is -0.292. The number of likely N-dealkylation sites (N-methyl/N-ethyl adjacent to an activating group) is 1. The quantitative estimate of drug-likeness (QED) is 0.713. The number of carbonyl (C=O) groups is 1. The van der Waals surface area contributed by atoms with Gasteiger partial charge in [-0.1, -0.05) is 54.6 Å². The Morgan fingerprint density at radius 2 is 1.93 bits per heavy atom. The Morgan fingerprint density at radius 3 is 2.67 bits per heavy atom. The normalized spacial score (nSPS) is 20.1. The van der Waals surface area contributed by atoms with Gasteiger partial charge < -0.3 is 16.8 Å². The van der Waals surface area contributed by atoms with Crippen molar-refractivity contribution in [2.24, 2.45) is 16.5 Å². The van der Waals surface area contributed by atoms with Gasteiger partial charge in [-0.2, -0.15) is 0 Å². The van der Waals surface area contributed by atoms with E-state index in [1.54, 1.807) is 13.1 Å². The molecule has 5 nitrogen and oxygen atoms in total. The molecule has 0 spiro atoms. The number of hydrogen-bond acceptors (Lipinski definition) is 4. The maximum absolute atomic E-state index is 11.6. The van der Waals surface area contributed by atoms with Crippen LogP contribution in [0.1, 0.15) is 18.4 Å². The summed E-state index contributed by atoms with van der Waals surface area (Å²) in [7, 11) is 1.56. The van der Waals surface area contributed by atoms with E-state index in [1.165, 1.54) is 16.7 Å². The molecule has 5 N–H and O–H groups in total. The first-order valence-electron chi connectivity index (χ1n) is 9.22. The van der Waals surface area contributed by atoms with Crippen LogP contribution in [-0.4, -0.2) is 30.8 Å². The number of rotatable bonds is 5. The second-order valence-corrected chi connectivity index (χ2v) is 6.84.